The van der Waals surface area contributed by atoms with E-state index in [0.717, 1.165) is 0 Å². The van der Waals surface area contributed by atoms with Crippen LogP contribution in [0.2, 0.25) is 5.02 Å². The molecule has 1 saturated heterocycles. The summed E-state index contributed by atoms with van der Waals surface area (Å²) in [5, 5.41) is 9.14. The Labute approximate surface area is 141 Å². The van der Waals surface area contributed by atoms with Crippen molar-refractivity contribution in [2.45, 2.75) is 17.7 Å². The van der Waals surface area contributed by atoms with E-state index in [9.17, 15) is 13.2 Å². The van der Waals surface area contributed by atoms with Gasteiger partial charge in [-0.25, -0.2) is 8.42 Å². The Bertz CT molecular complexity index is 712. The number of hydrogen-bond donors (Lipinski definition) is 0. The number of sulfonamides is 1. The first-order chi connectivity index (χ1) is 10.9. The van der Waals surface area contributed by atoms with E-state index in [-0.39, 0.29) is 23.9 Å². The fraction of sp³-hybridized carbons (Fsp3) is 0.467. The largest absolute Gasteiger partial charge is 0.332 e. The van der Waals surface area contributed by atoms with Gasteiger partial charge in [-0.15, -0.1) is 0 Å². The summed E-state index contributed by atoms with van der Waals surface area (Å²) in [6.45, 7) is 0.523. The molecule has 0 radical (unpaired) electrons. The summed E-state index contributed by atoms with van der Waals surface area (Å²) in [5.74, 6) is -0.605. The second-order valence-electron chi connectivity index (χ2n) is 5.51. The molecule has 8 heteroatoms. The molecular formula is C15H18ClN3O3S. The molecule has 1 atom stereocenters. The third-order valence-electron chi connectivity index (χ3n) is 3.87. The smallest absolute Gasteiger partial charge is 0.243 e. The predicted octanol–water partition coefficient (Wildman–Crippen LogP) is 1.72. The number of amides is 1. The molecule has 1 unspecified atom stereocenters. The van der Waals surface area contributed by atoms with Crippen molar-refractivity contribution in [3.05, 3.63) is 29.3 Å². The van der Waals surface area contributed by atoms with Crippen molar-refractivity contribution < 1.29 is 13.2 Å². The molecule has 0 saturated carbocycles. The quantitative estimate of drug-likeness (QED) is 0.770. The molecule has 1 amide bonds. The normalized spacial score (nSPS) is 19.1. The molecule has 1 aliphatic rings. The van der Waals surface area contributed by atoms with Gasteiger partial charge >= 0.3 is 0 Å². The molecule has 0 bridgehead atoms. The topological polar surface area (TPSA) is 81.5 Å². The van der Waals surface area contributed by atoms with E-state index in [4.69, 9.17) is 16.9 Å². The molecule has 23 heavy (non-hydrogen) atoms. The number of halogens is 1. The predicted molar refractivity (Wildman–Crippen MR) is 86.2 cm³/mol. The molecule has 6 nitrogen and oxygen atoms in total. The molecule has 2 rings (SSSR count). The lowest BCUT2D eigenvalue weighted by Gasteiger charge is -2.32. The zero-order chi connectivity index (χ0) is 17.0. The molecule has 0 aromatic heterocycles. The van der Waals surface area contributed by atoms with Crippen molar-refractivity contribution in [3.8, 4) is 6.07 Å². The van der Waals surface area contributed by atoms with Gasteiger partial charge in [0.15, 0.2) is 0 Å². The van der Waals surface area contributed by atoms with Crippen molar-refractivity contribution >= 4 is 27.5 Å². The van der Waals surface area contributed by atoms with Crippen LogP contribution in [0.3, 0.4) is 0 Å². The molecule has 0 aliphatic carbocycles. The minimum Gasteiger partial charge on any atom is -0.332 e. The lowest BCUT2D eigenvalue weighted by atomic mass is 9.98. The van der Waals surface area contributed by atoms with Crippen LogP contribution in [0, 0.1) is 17.2 Å². The van der Waals surface area contributed by atoms with Crippen LogP contribution in [0.15, 0.2) is 29.2 Å². The van der Waals surface area contributed by atoms with Crippen molar-refractivity contribution in [2.75, 3.05) is 26.7 Å². The molecule has 0 N–H and O–H groups in total. The van der Waals surface area contributed by atoms with E-state index in [1.54, 1.807) is 7.05 Å². The number of hydrogen-bond acceptors (Lipinski definition) is 4. The van der Waals surface area contributed by atoms with Gasteiger partial charge in [-0.2, -0.15) is 9.57 Å². The Hall–Kier alpha value is -1.62. The van der Waals surface area contributed by atoms with Crippen LogP contribution in [0.4, 0.5) is 0 Å². The fourth-order valence-electron chi connectivity index (χ4n) is 2.61. The first-order valence-electron chi connectivity index (χ1n) is 7.24. The third kappa shape index (κ3) is 4.02. The molecule has 124 valence electrons. The van der Waals surface area contributed by atoms with E-state index >= 15 is 0 Å². The Kier molecular flexibility index (Phi) is 5.63. The van der Waals surface area contributed by atoms with Gasteiger partial charge in [0.05, 0.1) is 16.9 Å². The van der Waals surface area contributed by atoms with Crippen LogP contribution >= 0.6 is 11.6 Å². The highest BCUT2D eigenvalue weighted by Gasteiger charge is 2.34. The number of nitriles is 1. The minimum atomic E-state index is -3.64. The first-order valence-corrected chi connectivity index (χ1v) is 9.05. The standard InChI is InChI=1S/C15H18ClN3O3S/c1-18(10-8-17)15(20)12-3-2-9-19(11-12)23(21,22)14-6-4-13(16)5-7-14/h4-7,12H,2-3,9-11H2,1H3. The number of benzene rings is 1. The summed E-state index contributed by atoms with van der Waals surface area (Å²) in [4.78, 5) is 13.8. The SMILES string of the molecule is CN(CC#N)C(=O)C1CCCN(S(=O)(=O)c2ccc(Cl)cc2)C1. The number of carbonyl (C=O) groups excluding carboxylic acids is 1. The Morgan fingerprint density at radius 3 is 2.70 bits per heavy atom. The summed E-state index contributed by atoms with van der Waals surface area (Å²) >= 11 is 5.79. The molecule has 1 heterocycles. The van der Waals surface area contributed by atoms with E-state index < -0.39 is 15.9 Å². The van der Waals surface area contributed by atoms with Crippen molar-refractivity contribution in [1.29, 1.82) is 5.26 Å². The maximum atomic E-state index is 12.7. The van der Waals surface area contributed by atoms with E-state index in [2.05, 4.69) is 0 Å². The highest BCUT2D eigenvalue weighted by molar-refractivity contribution is 7.89. The van der Waals surface area contributed by atoms with Crippen molar-refractivity contribution in [1.82, 2.24) is 9.21 Å². The highest BCUT2D eigenvalue weighted by atomic mass is 35.5. The molecule has 1 aromatic rings. The summed E-state index contributed by atoms with van der Waals surface area (Å²) in [6, 6.07) is 7.91. The summed E-state index contributed by atoms with van der Waals surface area (Å²) < 4.78 is 26.7. The monoisotopic (exact) mass is 355 g/mol. The number of piperidine rings is 1. The van der Waals surface area contributed by atoms with Gasteiger partial charge in [-0.05, 0) is 37.1 Å². The number of nitrogens with zero attached hydrogens (tertiary/aromatic N) is 3. The number of carbonyl (C=O) groups is 1. The highest BCUT2D eigenvalue weighted by Crippen LogP contribution is 2.25. The van der Waals surface area contributed by atoms with Gasteiger partial charge < -0.3 is 4.90 Å². The average Bonchev–Trinajstić information content (AvgIpc) is 2.55. The van der Waals surface area contributed by atoms with Gasteiger partial charge in [0.25, 0.3) is 0 Å². The zero-order valence-electron chi connectivity index (χ0n) is 12.8. The van der Waals surface area contributed by atoms with Crippen LogP contribution < -0.4 is 0 Å². The lowest BCUT2D eigenvalue weighted by Crippen LogP contribution is -2.45. The van der Waals surface area contributed by atoms with Gasteiger partial charge in [0, 0.05) is 25.2 Å². The average molecular weight is 356 g/mol. The Morgan fingerprint density at radius 2 is 2.09 bits per heavy atom. The lowest BCUT2D eigenvalue weighted by molar-refractivity contribution is -0.134. The van der Waals surface area contributed by atoms with E-state index in [0.29, 0.717) is 24.4 Å². The van der Waals surface area contributed by atoms with Crippen LogP contribution in [0.5, 0.6) is 0 Å². The van der Waals surface area contributed by atoms with Crippen LogP contribution in [0.25, 0.3) is 0 Å². The van der Waals surface area contributed by atoms with E-state index in [1.807, 2.05) is 6.07 Å². The summed E-state index contributed by atoms with van der Waals surface area (Å²) in [5.41, 5.74) is 0. The molecular weight excluding hydrogens is 338 g/mol. The van der Waals surface area contributed by atoms with Gasteiger partial charge in [0.1, 0.15) is 6.54 Å². The Morgan fingerprint density at radius 1 is 1.43 bits per heavy atom. The third-order valence-corrected chi connectivity index (χ3v) is 6.00. The van der Waals surface area contributed by atoms with Gasteiger partial charge in [-0.3, -0.25) is 4.79 Å². The molecule has 0 spiro atoms. The summed E-state index contributed by atoms with van der Waals surface area (Å²) in [6.07, 6.45) is 1.24. The van der Waals surface area contributed by atoms with Crippen molar-refractivity contribution in [2.24, 2.45) is 5.92 Å². The van der Waals surface area contributed by atoms with Gasteiger partial charge in [0.2, 0.25) is 15.9 Å². The van der Waals surface area contributed by atoms with E-state index in [1.165, 1.54) is 33.5 Å². The molecule has 1 aromatic carbocycles. The zero-order valence-corrected chi connectivity index (χ0v) is 14.3. The number of rotatable bonds is 4. The second kappa shape index (κ2) is 7.30. The van der Waals surface area contributed by atoms with Crippen LogP contribution in [-0.4, -0.2) is 50.2 Å². The fourth-order valence-corrected chi connectivity index (χ4v) is 4.26. The minimum absolute atomic E-state index is 0.000727. The van der Waals surface area contributed by atoms with Crippen molar-refractivity contribution in [3.63, 3.8) is 0 Å². The summed E-state index contributed by atoms with van der Waals surface area (Å²) in [7, 11) is -2.09. The van der Waals surface area contributed by atoms with Gasteiger partial charge in [-0.1, -0.05) is 11.6 Å². The first kappa shape index (κ1) is 17.7. The molecule has 1 aliphatic heterocycles. The Balaban J connectivity index is 2.16. The second-order valence-corrected chi connectivity index (χ2v) is 7.88. The van der Waals surface area contributed by atoms with Crippen LogP contribution in [-0.2, 0) is 14.8 Å². The maximum absolute atomic E-state index is 12.7. The van der Waals surface area contributed by atoms with Crippen LogP contribution in [0.1, 0.15) is 12.8 Å². The molecule has 1 fully saturated rings. The maximum Gasteiger partial charge on any atom is 0.243 e.